The highest BCUT2D eigenvalue weighted by atomic mass is 19.4. The fourth-order valence-electron chi connectivity index (χ4n) is 5.43. The topological polar surface area (TPSA) is 35.6 Å². The number of nitrogens with zero attached hydrogens (tertiary/aromatic N) is 2. The minimum absolute atomic E-state index is 0.000308. The van der Waals surface area contributed by atoms with Gasteiger partial charge < -0.3 is 15.1 Å². The largest absolute Gasteiger partial charge is 0.417 e. The van der Waals surface area contributed by atoms with Crippen molar-refractivity contribution in [2.45, 2.75) is 63.3 Å². The van der Waals surface area contributed by atoms with Crippen LogP contribution < -0.4 is 5.32 Å². The Morgan fingerprint density at radius 3 is 2.11 bits per heavy atom. The van der Waals surface area contributed by atoms with Crippen LogP contribution in [0.5, 0.6) is 0 Å². The third-order valence-electron chi connectivity index (χ3n) is 7.47. The SMILES string of the molecule is O=C(CCCN1CCC(N2CCCCC2)CC1)Nc1ccc(-c2ccc(C(F)(F)F)cc2)c(C(F)(F)F)c1. The molecule has 208 valence electrons. The van der Waals surface area contributed by atoms with Crippen LogP contribution in [0.1, 0.15) is 56.1 Å². The first-order chi connectivity index (χ1) is 18.0. The van der Waals surface area contributed by atoms with E-state index < -0.39 is 23.5 Å². The predicted molar refractivity (Wildman–Crippen MR) is 135 cm³/mol. The van der Waals surface area contributed by atoms with Gasteiger partial charge in [0.1, 0.15) is 0 Å². The van der Waals surface area contributed by atoms with Crippen LogP contribution in [0.25, 0.3) is 11.1 Å². The molecular weight excluding hydrogens is 508 g/mol. The Bertz CT molecular complexity index is 1070. The maximum Gasteiger partial charge on any atom is 0.417 e. The molecule has 2 saturated heterocycles. The number of carbonyl (C=O) groups is 1. The fraction of sp³-hybridized carbons (Fsp3) is 0.536. The van der Waals surface area contributed by atoms with E-state index in [-0.39, 0.29) is 29.1 Å². The van der Waals surface area contributed by atoms with Gasteiger partial charge in [-0.05, 0) is 100 Å². The summed E-state index contributed by atoms with van der Waals surface area (Å²) >= 11 is 0. The van der Waals surface area contributed by atoms with E-state index in [1.807, 2.05) is 0 Å². The second kappa shape index (κ2) is 12.1. The number of anilines is 1. The Labute approximate surface area is 219 Å². The zero-order chi connectivity index (χ0) is 27.3. The molecule has 2 aliphatic heterocycles. The molecule has 4 nitrogen and oxygen atoms in total. The summed E-state index contributed by atoms with van der Waals surface area (Å²) in [5.41, 5.74) is -2.21. The lowest BCUT2D eigenvalue weighted by Gasteiger charge is -2.40. The van der Waals surface area contributed by atoms with Gasteiger partial charge in [-0.25, -0.2) is 0 Å². The molecule has 2 fully saturated rings. The van der Waals surface area contributed by atoms with Gasteiger partial charge in [0, 0.05) is 18.2 Å². The van der Waals surface area contributed by atoms with Crippen LogP contribution in [0.3, 0.4) is 0 Å². The summed E-state index contributed by atoms with van der Waals surface area (Å²) in [4.78, 5) is 17.4. The van der Waals surface area contributed by atoms with Gasteiger partial charge in [-0.15, -0.1) is 0 Å². The molecule has 0 aromatic heterocycles. The summed E-state index contributed by atoms with van der Waals surface area (Å²) in [5, 5.41) is 2.54. The van der Waals surface area contributed by atoms with Crippen LogP contribution in [0, 0.1) is 0 Å². The van der Waals surface area contributed by atoms with Gasteiger partial charge in [-0.1, -0.05) is 24.6 Å². The van der Waals surface area contributed by atoms with Crippen molar-refractivity contribution >= 4 is 11.6 Å². The summed E-state index contributed by atoms with van der Waals surface area (Å²) in [6.45, 7) is 5.12. The van der Waals surface area contributed by atoms with Crippen molar-refractivity contribution in [1.82, 2.24) is 9.80 Å². The van der Waals surface area contributed by atoms with Crippen molar-refractivity contribution in [3.8, 4) is 11.1 Å². The fourth-order valence-corrected chi connectivity index (χ4v) is 5.43. The Morgan fingerprint density at radius 1 is 0.842 bits per heavy atom. The molecule has 0 aliphatic carbocycles. The first-order valence-corrected chi connectivity index (χ1v) is 13.2. The quantitative estimate of drug-likeness (QED) is 0.381. The van der Waals surface area contributed by atoms with E-state index in [1.54, 1.807) is 0 Å². The second-order valence-electron chi connectivity index (χ2n) is 10.2. The number of carbonyl (C=O) groups excluding carboxylic acids is 1. The minimum Gasteiger partial charge on any atom is -0.326 e. The second-order valence-corrected chi connectivity index (χ2v) is 10.2. The Morgan fingerprint density at radius 2 is 1.50 bits per heavy atom. The van der Waals surface area contributed by atoms with Crippen molar-refractivity contribution in [2.24, 2.45) is 0 Å². The first kappa shape index (κ1) is 28.4. The number of hydrogen-bond acceptors (Lipinski definition) is 3. The molecule has 2 aliphatic rings. The smallest absolute Gasteiger partial charge is 0.326 e. The van der Waals surface area contributed by atoms with Crippen molar-refractivity contribution in [1.29, 1.82) is 0 Å². The van der Waals surface area contributed by atoms with Crippen LogP contribution in [0.4, 0.5) is 32.0 Å². The zero-order valence-corrected chi connectivity index (χ0v) is 21.2. The van der Waals surface area contributed by atoms with Gasteiger partial charge in [0.15, 0.2) is 0 Å². The number of rotatable bonds is 7. The summed E-state index contributed by atoms with van der Waals surface area (Å²) < 4.78 is 79.8. The van der Waals surface area contributed by atoms with Crippen LogP contribution in [-0.2, 0) is 17.1 Å². The van der Waals surface area contributed by atoms with Crippen LogP contribution >= 0.6 is 0 Å². The van der Waals surface area contributed by atoms with E-state index in [9.17, 15) is 31.1 Å². The Kier molecular flexibility index (Phi) is 9.03. The highest BCUT2D eigenvalue weighted by Gasteiger charge is 2.35. The van der Waals surface area contributed by atoms with Gasteiger partial charge in [-0.2, -0.15) is 26.3 Å². The maximum absolute atomic E-state index is 13.8. The third-order valence-corrected chi connectivity index (χ3v) is 7.47. The molecule has 0 bridgehead atoms. The van der Waals surface area contributed by atoms with Crippen molar-refractivity contribution in [3.63, 3.8) is 0 Å². The molecule has 0 radical (unpaired) electrons. The van der Waals surface area contributed by atoms with E-state index >= 15 is 0 Å². The molecule has 0 atom stereocenters. The summed E-state index contributed by atoms with van der Waals surface area (Å²) in [6, 6.07) is 7.52. The number of nitrogens with one attached hydrogen (secondary N) is 1. The van der Waals surface area contributed by atoms with Crippen molar-refractivity contribution in [2.75, 3.05) is 38.0 Å². The van der Waals surface area contributed by atoms with Crippen LogP contribution in [0.2, 0.25) is 0 Å². The molecule has 2 heterocycles. The number of alkyl halides is 6. The molecule has 0 spiro atoms. The zero-order valence-electron chi connectivity index (χ0n) is 21.2. The highest BCUT2D eigenvalue weighted by molar-refractivity contribution is 5.91. The lowest BCUT2D eigenvalue weighted by molar-refractivity contribution is -0.138. The van der Waals surface area contributed by atoms with Crippen LogP contribution in [0.15, 0.2) is 42.5 Å². The summed E-state index contributed by atoms with van der Waals surface area (Å²) in [6.07, 6.45) is -2.42. The number of amides is 1. The molecule has 4 rings (SSSR count). The molecular formula is C28H33F6N3O. The summed E-state index contributed by atoms with van der Waals surface area (Å²) in [7, 11) is 0. The lowest BCUT2D eigenvalue weighted by Crippen LogP contribution is -2.46. The average Bonchev–Trinajstić information content (AvgIpc) is 2.89. The van der Waals surface area contributed by atoms with E-state index in [0.717, 1.165) is 62.8 Å². The van der Waals surface area contributed by atoms with Crippen molar-refractivity contribution in [3.05, 3.63) is 53.6 Å². The Hall–Kier alpha value is -2.59. The molecule has 2 aromatic carbocycles. The van der Waals surface area contributed by atoms with Gasteiger partial charge in [0.25, 0.3) is 0 Å². The molecule has 0 unspecified atom stereocenters. The molecule has 1 N–H and O–H groups in total. The van der Waals surface area contributed by atoms with E-state index in [0.29, 0.717) is 12.5 Å². The predicted octanol–water partition coefficient (Wildman–Crippen LogP) is 7.06. The van der Waals surface area contributed by atoms with Crippen molar-refractivity contribution < 1.29 is 31.1 Å². The molecule has 10 heteroatoms. The lowest BCUT2D eigenvalue weighted by atomic mass is 9.97. The number of hydrogen-bond donors (Lipinski definition) is 1. The normalized spacial score (nSPS) is 18.5. The van der Waals surface area contributed by atoms with Gasteiger partial charge in [-0.3, -0.25) is 4.79 Å². The molecule has 38 heavy (non-hydrogen) atoms. The van der Waals surface area contributed by atoms with Gasteiger partial charge in [0.2, 0.25) is 5.91 Å². The average molecular weight is 542 g/mol. The van der Waals surface area contributed by atoms with Gasteiger partial charge in [0.05, 0.1) is 11.1 Å². The Balaban J connectivity index is 1.30. The first-order valence-electron chi connectivity index (χ1n) is 13.2. The summed E-state index contributed by atoms with van der Waals surface area (Å²) in [5.74, 6) is -0.372. The van der Waals surface area contributed by atoms with E-state index in [1.165, 1.54) is 44.5 Å². The van der Waals surface area contributed by atoms with Crippen LogP contribution in [-0.4, -0.2) is 54.5 Å². The molecule has 1 amide bonds. The standard InChI is InChI=1S/C28H33F6N3O/c29-27(30,31)21-8-6-20(7-9-21)24-11-10-22(19-25(24)28(32,33)34)35-26(38)5-4-14-36-17-12-23(13-18-36)37-15-2-1-3-16-37/h6-11,19,23H,1-5,12-18H2,(H,35,38). The molecule has 0 saturated carbocycles. The number of likely N-dealkylation sites (tertiary alicyclic amines) is 2. The number of piperidine rings is 2. The highest BCUT2D eigenvalue weighted by Crippen LogP contribution is 2.39. The number of benzene rings is 2. The maximum atomic E-state index is 13.8. The van der Waals surface area contributed by atoms with Gasteiger partial charge >= 0.3 is 12.4 Å². The third kappa shape index (κ3) is 7.50. The number of halogens is 6. The monoisotopic (exact) mass is 541 g/mol. The van der Waals surface area contributed by atoms with E-state index in [4.69, 9.17) is 0 Å². The molecule has 2 aromatic rings. The van der Waals surface area contributed by atoms with E-state index in [2.05, 4.69) is 15.1 Å². The minimum atomic E-state index is -4.75.